The maximum atomic E-state index is 14.4. The van der Waals surface area contributed by atoms with Crippen molar-refractivity contribution in [2.75, 3.05) is 37.1 Å². The Balaban J connectivity index is 1.39. The van der Waals surface area contributed by atoms with Gasteiger partial charge >= 0.3 is 0 Å². The van der Waals surface area contributed by atoms with Gasteiger partial charge in [0.05, 0.1) is 11.9 Å². The first kappa shape index (κ1) is 23.9. The van der Waals surface area contributed by atoms with Crippen LogP contribution in [0.3, 0.4) is 0 Å². The number of rotatable bonds is 8. The molecule has 1 aliphatic heterocycles. The lowest BCUT2D eigenvalue weighted by molar-refractivity contribution is 0.0710. The lowest BCUT2D eigenvalue weighted by atomic mass is 9.86. The molecule has 0 amide bonds. The normalized spacial score (nSPS) is 21.3. The number of aromatic nitrogens is 4. The molecule has 1 aromatic carbocycles. The summed E-state index contributed by atoms with van der Waals surface area (Å²) in [4.78, 5) is 14.0. The minimum absolute atomic E-state index is 0.0940. The van der Waals surface area contributed by atoms with Crippen LogP contribution in [-0.4, -0.2) is 52.0 Å². The summed E-state index contributed by atoms with van der Waals surface area (Å²) in [6.45, 7) is 4.90. The molecule has 188 valence electrons. The van der Waals surface area contributed by atoms with E-state index in [9.17, 15) is 8.78 Å². The third kappa shape index (κ3) is 5.54. The van der Waals surface area contributed by atoms with Gasteiger partial charge in [0.2, 0.25) is 11.9 Å². The maximum absolute atomic E-state index is 14.4. The van der Waals surface area contributed by atoms with Crippen LogP contribution >= 0.6 is 0 Å². The van der Waals surface area contributed by atoms with Crippen LogP contribution in [-0.2, 0) is 9.47 Å². The first-order chi connectivity index (χ1) is 17.1. The highest BCUT2D eigenvalue weighted by Gasteiger charge is 2.25. The summed E-state index contributed by atoms with van der Waals surface area (Å²) in [5, 5.41) is 6.55. The molecule has 0 spiro atoms. The van der Waals surface area contributed by atoms with Crippen LogP contribution in [0.5, 0.6) is 0 Å². The van der Waals surface area contributed by atoms with E-state index in [4.69, 9.17) is 14.5 Å². The monoisotopic (exact) mass is 486 g/mol. The zero-order chi connectivity index (χ0) is 24.2. The highest BCUT2D eigenvalue weighted by atomic mass is 19.1. The largest absolute Gasteiger partial charge is 0.381 e. The summed E-state index contributed by atoms with van der Waals surface area (Å²) < 4.78 is 40.9. The number of benzene rings is 1. The van der Waals surface area contributed by atoms with Crippen LogP contribution < -0.4 is 10.6 Å². The van der Waals surface area contributed by atoms with Crippen LogP contribution in [0.25, 0.3) is 11.2 Å². The van der Waals surface area contributed by atoms with Crippen LogP contribution in [0.4, 0.5) is 26.4 Å². The van der Waals surface area contributed by atoms with E-state index in [1.54, 1.807) is 6.20 Å². The summed E-state index contributed by atoms with van der Waals surface area (Å²) in [6.07, 6.45) is 7.64. The second-order valence-corrected chi connectivity index (χ2v) is 9.32. The van der Waals surface area contributed by atoms with Crippen molar-refractivity contribution >= 4 is 28.7 Å². The topological polar surface area (TPSA) is 86.1 Å². The third-order valence-electron chi connectivity index (χ3n) is 6.90. The smallest absolute Gasteiger partial charge is 0.224 e. The number of anilines is 3. The third-order valence-corrected chi connectivity index (χ3v) is 6.90. The average Bonchev–Trinajstić information content (AvgIpc) is 3.23. The Morgan fingerprint density at radius 2 is 1.89 bits per heavy atom. The SMILES string of the molecule is CCOC[C@H]1CC[C@H](Nc2ncc3nc(Nc4ccc(F)cc4F)n(C4CCOCC4)c3n2)CC1. The van der Waals surface area contributed by atoms with Crippen molar-refractivity contribution in [1.29, 1.82) is 0 Å². The number of halogens is 2. The highest BCUT2D eigenvalue weighted by molar-refractivity contribution is 5.76. The molecule has 1 aliphatic carbocycles. The molecule has 3 heterocycles. The van der Waals surface area contributed by atoms with Gasteiger partial charge in [-0.3, -0.25) is 4.57 Å². The van der Waals surface area contributed by atoms with E-state index in [0.717, 1.165) is 57.8 Å². The Morgan fingerprint density at radius 1 is 1.09 bits per heavy atom. The molecule has 2 aromatic heterocycles. The molecule has 2 fully saturated rings. The van der Waals surface area contributed by atoms with E-state index in [-0.39, 0.29) is 11.7 Å². The Labute approximate surface area is 203 Å². The van der Waals surface area contributed by atoms with Gasteiger partial charge in [-0.1, -0.05) is 0 Å². The number of fused-ring (bicyclic) bond motifs is 1. The molecule has 3 aromatic rings. The Hall–Kier alpha value is -2.85. The van der Waals surface area contributed by atoms with Crippen LogP contribution in [0.15, 0.2) is 24.4 Å². The molecule has 5 rings (SSSR count). The second kappa shape index (κ2) is 10.8. The summed E-state index contributed by atoms with van der Waals surface area (Å²) in [5.74, 6) is 0.342. The number of ether oxygens (including phenoxy) is 2. The molecule has 1 saturated heterocycles. The van der Waals surface area contributed by atoms with Gasteiger partial charge < -0.3 is 20.1 Å². The Bertz CT molecular complexity index is 1140. The van der Waals surface area contributed by atoms with Gasteiger partial charge in [-0.05, 0) is 63.5 Å². The van der Waals surface area contributed by atoms with Gasteiger partial charge in [0.1, 0.15) is 17.2 Å². The molecule has 10 heteroatoms. The fourth-order valence-electron chi connectivity index (χ4n) is 4.99. The molecule has 2 aliphatic rings. The molecule has 2 N–H and O–H groups in total. The first-order valence-corrected chi connectivity index (χ1v) is 12.5. The summed E-state index contributed by atoms with van der Waals surface area (Å²) in [5.41, 5.74) is 1.46. The molecular formula is C25H32F2N6O2. The van der Waals surface area contributed by atoms with Crippen molar-refractivity contribution < 1.29 is 18.3 Å². The van der Waals surface area contributed by atoms with Crippen molar-refractivity contribution in [2.24, 2.45) is 5.92 Å². The van der Waals surface area contributed by atoms with Crippen molar-refractivity contribution in [3.05, 3.63) is 36.0 Å². The number of nitrogens with zero attached hydrogens (tertiary/aromatic N) is 4. The van der Waals surface area contributed by atoms with Crippen molar-refractivity contribution in [2.45, 2.75) is 57.5 Å². The van der Waals surface area contributed by atoms with Gasteiger partial charge in [-0.2, -0.15) is 4.98 Å². The minimum Gasteiger partial charge on any atom is -0.381 e. The van der Waals surface area contributed by atoms with Crippen molar-refractivity contribution in [3.8, 4) is 0 Å². The van der Waals surface area contributed by atoms with Crippen molar-refractivity contribution in [1.82, 2.24) is 19.5 Å². The Kier molecular flexibility index (Phi) is 7.38. The maximum Gasteiger partial charge on any atom is 0.224 e. The van der Waals surface area contributed by atoms with Crippen LogP contribution in [0, 0.1) is 17.6 Å². The standard InChI is InChI=1S/C25H32F2N6O2/c1-2-34-15-16-3-6-18(7-4-16)29-24-28-14-22-23(32-24)33(19-9-11-35-12-10-19)25(31-22)30-21-8-5-17(26)13-20(21)27/h5,8,13-14,16,18-19H,2-4,6-7,9-12,15H2,1H3,(H,30,31)(H,28,29,32)/t16-,18-. The summed E-state index contributed by atoms with van der Waals surface area (Å²) in [6, 6.07) is 3.86. The van der Waals surface area contributed by atoms with Gasteiger partial charge in [0, 0.05) is 44.6 Å². The first-order valence-electron chi connectivity index (χ1n) is 12.5. The minimum atomic E-state index is -0.677. The van der Waals surface area contributed by atoms with Gasteiger partial charge in [0.15, 0.2) is 5.65 Å². The van der Waals surface area contributed by atoms with Gasteiger partial charge in [-0.15, -0.1) is 0 Å². The molecule has 8 nitrogen and oxygen atoms in total. The molecular weight excluding hydrogens is 454 g/mol. The molecule has 1 saturated carbocycles. The number of nitrogens with one attached hydrogen (secondary N) is 2. The second-order valence-electron chi connectivity index (χ2n) is 9.32. The molecule has 35 heavy (non-hydrogen) atoms. The van der Waals surface area contributed by atoms with Gasteiger partial charge in [-0.25, -0.2) is 18.7 Å². The summed E-state index contributed by atoms with van der Waals surface area (Å²) in [7, 11) is 0. The lowest BCUT2D eigenvalue weighted by Gasteiger charge is -2.29. The number of hydrogen-bond acceptors (Lipinski definition) is 7. The number of imidazole rings is 1. The van der Waals surface area contributed by atoms with E-state index < -0.39 is 11.6 Å². The average molecular weight is 487 g/mol. The zero-order valence-corrected chi connectivity index (χ0v) is 20.0. The Morgan fingerprint density at radius 3 is 2.63 bits per heavy atom. The van der Waals surface area contributed by atoms with Crippen LogP contribution in [0.1, 0.15) is 51.5 Å². The highest BCUT2D eigenvalue weighted by Crippen LogP contribution is 2.32. The van der Waals surface area contributed by atoms with E-state index >= 15 is 0 Å². The zero-order valence-electron chi connectivity index (χ0n) is 20.0. The molecule has 0 unspecified atom stereocenters. The van der Waals surface area contributed by atoms with E-state index in [0.29, 0.717) is 48.2 Å². The van der Waals surface area contributed by atoms with E-state index in [1.165, 1.54) is 12.1 Å². The van der Waals surface area contributed by atoms with E-state index in [2.05, 4.69) is 20.6 Å². The van der Waals surface area contributed by atoms with E-state index in [1.807, 2.05) is 11.5 Å². The van der Waals surface area contributed by atoms with Crippen molar-refractivity contribution in [3.63, 3.8) is 0 Å². The lowest BCUT2D eigenvalue weighted by Crippen LogP contribution is -2.28. The number of hydrogen-bond donors (Lipinski definition) is 2. The van der Waals surface area contributed by atoms with Gasteiger partial charge in [0.25, 0.3) is 0 Å². The predicted octanol–water partition coefficient (Wildman–Crippen LogP) is 5.21. The molecule has 0 bridgehead atoms. The fraction of sp³-hybridized carbons (Fsp3) is 0.560. The quantitative estimate of drug-likeness (QED) is 0.452. The molecule has 0 radical (unpaired) electrons. The van der Waals surface area contributed by atoms with Crippen LogP contribution in [0.2, 0.25) is 0 Å². The fourth-order valence-corrected chi connectivity index (χ4v) is 4.99. The summed E-state index contributed by atoms with van der Waals surface area (Å²) >= 11 is 0. The predicted molar refractivity (Wildman–Crippen MR) is 130 cm³/mol. The molecule has 0 atom stereocenters.